The summed E-state index contributed by atoms with van der Waals surface area (Å²) in [6.07, 6.45) is 3.65. The maximum Gasteiger partial charge on any atom is 0.303 e. The number of carbonyl (C=O) groups is 2. The summed E-state index contributed by atoms with van der Waals surface area (Å²) in [5, 5.41) is 11.0. The van der Waals surface area contributed by atoms with Crippen LogP contribution in [0.2, 0.25) is 0 Å². The van der Waals surface area contributed by atoms with Gasteiger partial charge in [0.15, 0.2) is 0 Å². The molecule has 0 saturated carbocycles. The molecule has 0 saturated heterocycles. The standard InChI is InChI=1S/C9H16ClNO3/c10-7-8(12)11-6-4-2-1-3-5-9(13)14/h1-7H2,(H,11,12)(H,13,14). The van der Waals surface area contributed by atoms with Gasteiger partial charge in [0.2, 0.25) is 5.91 Å². The third-order valence-electron chi connectivity index (χ3n) is 1.76. The predicted molar refractivity (Wildman–Crippen MR) is 54.5 cm³/mol. The van der Waals surface area contributed by atoms with Crippen LogP contribution in [0.3, 0.4) is 0 Å². The van der Waals surface area contributed by atoms with Crippen LogP contribution in [0.15, 0.2) is 0 Å². The number of nitrogens with one attached hydrogen (secondary N) is 1. The summed E-state index contributed by atoms with van der Waals surface area (Å²) >= 11 is 5.27. The molecule has 0 aliphatic heterocycles. The summed E-state index contributed by atoms with van der Waals surface area (Å²) in [5.41, 5.74) is 0. The molecule has 0 aromatic heterocycles. The Morgan fingerprint density at radius 2 is 1.79 bits per heavy atom. The molecule has 0 unspecified atom stereocenters. The van der Waals surface area contributed by atoms with E-state index in [1.807, 2.05) is 0 Å². The van der Waals surface area contributed by atoms with Crippen molar-refractivity contribution in [3.8, 4) is 0 Å². The average molecular weight is 222 g/mol. The molecule has 0 spiro atoms. The third kappa shape index (κ3) is 9.32. The number of carboxylic acid groups (broad SMARTS) is 1. The second-order valence-electron chi connectivity index (χ2n) is 3.04. The molecular formula is C9H16ClNO3. The zero-order valence-corrected chi connectivity index (χ0v) is 8.85. The molecule has 82 valence electrons. The number of halogens is 1. The smallest absolute Gasteiger partial charge is 0.303 e. The van der Waals surface area contributed by atoms with Crippen LogP contribution in [-0.2, 0) is 9.59 Å². The van der Waals surface area contributed by atoms with E-state index in [1.165, 1.54) is 0 Å². The van der Waals surface area contributed by atoms with Crippen molar-refractivity contribution in [1.29, 1.82) is 0 Å². The SMILES string of the molecule is O=C(O)CCCCCCNC(=O)CCl. The molecule has 14 heavy (non-hydrogen) atoms. The van der Waals surface area contributed by atoms with Gasteiger partial charge in [0.05, 0.1) is 0 Å². The highest BCUT2D eigenvalue weighted by Crippen LogP contribution is 2.01. The van der Waals surface area contributed by atoms with Gasteiger partial charge in [0.25, 0.3) is 0 Å². The Morgan fingerprint density at radius 1 is 1.14 bits per heavy atom. The molecule has 0 rings (SSSR count). The van der Waals surface area contributed by atoms with Gasteiger partial charge in [-0.1, -0.05) is 12.8 Å². The molecule has 1 amide bonds. The summed E-state index contributed by atoms with van der Waals surface area (Å²) in [7, 11) is 0. The lowest BCUT2D eigenvalue weighted by molar-refractivity contribution is -0.137. The van der Waals surface area contributed by atoms with Crippen LogP contribution < -0.4 is 5.32 Å². The van der Waals surface area contributed by atoms with E-state index in [9.17, 15) is 9.59 Å². The molecule has 0 aromatic rings. The summed E-state index contributed by atoms with van der Waals surface area (Å²) in [4.78, 5) is 20.8. The Kier molecular flexibility index (Phi) is 8.33. The lowest BCUT2D eigenvalue weighted by atomic mass is 10.1. The van der Waals surface area contributed by atoms with Crippen molar-refractivity contribution < 1.29 is 14.7 Å². The lowest BCUT2D eigenvalue weighted by Crippen LogP contribution is -2.25. The number of hydrogen-bond acceptors (Lipinski definition) is 2. The van der Waals surface area contributed by atoms with E-state index >= 15 is 0 Å². The van der Waals surface area contributed by atoms with Crippen LogP contribution in [0, 0.1) is 0 Å². The minimum atomic E-state index is -0.750. The molecule has 0 radical (unpaired) electrons. The van der Waals surface area contributed by atoms with E-state index in [-0.39, 0.29) is 18.2 Å². The van der Waals surface area contributed by atoms with E-state index in [1.54, 1.807) is 0 Å². The minimum Gasteiger partial charge on any atom is -0.481 e. The molecule has 0 atom stereocenters. The van der Waals surface area contributed by atoms with Crippen LogP contribution >= 0.6 is 11.6 Å². The van der Waals surface area contributed by atoms with Gasteiger partial charge in [-0.3, -0.25) is 9.59 Å². The quantitative estimate of drug-likeness (QED) is 0.481. The minimum absolute atomic E-state index is 0.000978. The second kappa shape index (κ2) is 8.81. The number of aliphatic carboxylic acids is 1. The van der Waals surface area contributed by atoms with Crippen LogP contribution in [0.1, 0.15) is 32.1 Å². The fourth-order valence-electron chi connectivity index (χ4n) is 1.03. The van der Waals surface area contributed by atoms with E-state index in [2.05, 4.69) is 5.32 Å². The van der Waals surface area contributed by atoms with Crippen molar-refractivity contribution in [3.63, 3.8) is 0 Å². The van der Waals surface area contributed by atoms with E-state index < -0.39 is 5.97 Å². The summed E-state index contributed by atoms with van der Waals surface area (Å²) < 4.78 is 0. The van der Waals surface area contributed by atoms with Crippen LogP contribution in [0.5, 0.6) is 0 Å². The Labute approximate surface area is 88.6 Å². The van der Waals surface area contributed by atoms with Crippen molar-refractivity contribution in [1.82, 2.24) is 5.32 Å². The maximum absolute atomic E-state index is 10.7. The van der Waals surface area contributed by atoms with E-state index in [4.69, 9.17) is 16.7 Å². The summed E-state index contributed by atoms with van der Waals surface area (Å²) in [5.74, 6) is -0.906. The zero-order valence-electron chi connectivity index (χ0n) is 8.09. The first-order valence-electron chi connectivity index (χ1n) is 4.71. The van der Waals surface area contributed by atoms with Crippen molar-refractivity contribution in [3.05, 3.63) is 0 Å². The van der Waals surface area contributed by atoms with E-state index in [0.717, 1.165) is 19.3 Å². The van der Waals surface area contributed by atoms with Gasteiger partial charge in [-0.25, -0.2) is 0 Å². The number of carboxylic acids is 1. The molecule has 0 fully saturated rings. The summed E-state index contributed by atoms with van der Waals surface area (Å²) in [6.45, 7) is 0.624. The molecular weight excluding hydrogens is 206 g/mol. The first-order valence-corrected chi connectivity index (χ1v) is 5.24. The van der Waals surface area contributed by atoms with Crippen LogP contribution in [-0.4, -0.2) is 29.4 Å². The van der Waals surface area contributed by atoms with Gasteiger partial charge in [-0.05, 0) is 12.8 Å². The molecule has 5 heteroatoms. The lowest BCUT2D eigenvalue weighted by Gasteiger charge is -2.02. The second-order valence-corrected chi connectivity index (χ2v) is 3.31. The number of carbonyl (C=O) groups excluding carboxylic acids is 1. The Hall–Kier alpha value is -0.770. The number of amides is 1. The Bertz CT molecular complexity index is 185. The topological polar surface area (TPSA) is 66.4 Å². The van der Waals surface area contributed by atoms with Crippen molar-refractivity contribution >= 4 is 23.5 Å². The molecule has 2 N–H and O–H groups in total. The largest absolute Gasteiger partial charge is 0.481 e. The van der Waals surface area contributed by atoms with Gasteiger partial charge in [0.1, 0.15) is 5.88 Å². The highest BCUT2D eigenvalue weighted by Gasteiger charge is 1.98. The molecule has 0 aromatic carbocycles. The van der Waals surface area contributed by atoms with Crippen LogP contribution in [0.25, 0.3) is 0 Å². The Morgan fingerprint density at radius 3 is 2.36 bits per heavy atom. The van der Waals surface area contributed by atoms with E-state index in [0.29, 0.717) is 13.0 Å². The van der Waals surface area contributed by atoms with Crippen LogP contribution in [0.4, 0.5) is 0 Å². The van der Waals surface area contributed by atoms with Gasteiger partial charge in [0, 0.05) is 13.0 Å². The Balaban J connectivity index is 3.06. The van der Waals surface area contributed by atoms with Gasteiger partial charge >= 0.3 is 5.97 Å². The van der Waals surface area contributed by atoms with Gasteiger partial charge in [-0.15, -0.1) is 11.6 Å². The normalized spacial score (nSPS) is 9.79. The maximum atomic E-state index is 10.7. The summed E-state index contributed by atoms with van der Waals surface area (Å²) in [6, 6.07) is 0. The van der Waals surface area contributed by atoms with Crippen molar-refractivity contribution in [2.75, 3.05) is 12.4 Å². The first-order chi connectivity index (χ1) is 6.66. The fraction of sp³-hybridized carbons (Fsp3) is 0.778. The molecule has 4 nitrogen and oxygen atoms in total. The van der Waals surface area contributed by atoms with Gasteiger partial charge < -0.3 is 10.4 Å². The molecule has 0 heterocycles. The zero-order chi connectivity index (χ0) is 10.8. The molecule has 0 aliphatic rings. The number of hydrogen-bond donors (Lipinski definition) is 2. The highest BCUT2D eigenvalue weighted by molar-refractivity contribution is 6.27. The van der Waals surface area contributed by atoms with Crippen molar-refractivity contribution in [2.24, 2.45) is 0 Å². The molecule has 0 aliphatic carbocycles. The highest BCUT2D eigenvalue weighted by atomic mass is 35.5. The number of alkyl halides is 1. The molecule has 0 bridgehead atoms. The number of unbranched alkanes of at least 4 members (excludes halogenated alkanes) is 3. The monoisotopic (exact) mass is 221 g/mol. The fourth-order valence-corrected chi connectivity index (χ4v) is 1.12. The first kappa shape index (κ1) is 13.2. The average Bonchev–Trinajstić information content (AvgIpc) is 2.15. The number of rotatable bonds is 8. The van der Waals surface area contributed by atoms with Gasteiger partial charge in [-0.2, -0.15) is 0 Å². The predicted octanol–water partition coefficient (Wildman–Crippen LogP) is 1.38. The third-order valence-corrected chi connectivity index (χ3v) is 2.00. The van der Waals surface area contributed by atoms with Crippen molar-refractivity contribution in [2.45, 2.75) is 32.1 Å².